The average Bonchev–Trinajstić information content (AvgIpc) is 2.51. The van der Waals surface area contributed by atoms with Crippen molar-refractivity contribution >= 4 is 0 Å². The smallest absolute Gasteiger partial charge is 0.169 e. The Hall–Kier alpha value is -1.17. The molecule has 1 atom stereocenters. The molecule has 1 aromatic rings. The molecule has 0 radical (unpaired) electrons. The third kappa shape index (κ3) is 5.99. The SMILES string of the molecule is CCCNC(CCOCCOC)c1cccc(OC)c1F. The van der Waals surface area contributed by atoms with Crippen LogP contribution in [0, 0.1) is 5.82 Å². The maximum absolute atomic E-state index is 14.4. The first-order chi connectivity index (χ1) is 10.2. The van der Waals surface area contributed by atoms with Gasteiger partial charge in [0, 0.05) is 25.3 Å². The van der Waals surface area contributed by atoms with Crippen LogP contribution in [0.25, 0.3) is 0 Å². The summed E-state index contributed by atoms with van der Waals surface area (Å²) in [5.74, 6) is -0.0263. The van der Waals surface area contributed by atoms with Gasteiger partial charge in [0.05, 0.1) is 20.3 Å². The lowest BCUT2D eigenvalue weighted by Crippen LogP contribution is -2.24. The number of ether oxygens (including phenoxy) is 3. The van der Waals surface area contributed by atoms with Crippen LogP contribution in [0.4, 0.5) is 4.39 Å². The van der Waals surface area contributed by atoms with Crippen molar-refractivity contribution in [2.75, 3.05) is 40.6 Å². The normalized spacial score (nSPS) is 12.4. The standard InChI is InChI=1S/C16H26FNO3/c1-4-9-18-14(8-10-21-12-11-19-2)13-6-5-7-15(20-3)16(13)17/h5-7,14,18H,4,8-12H2,1-3H3. The van der Waals surface area contributed by atoms with Gasteiger partial charge < -0.3 is 19.5 Å². The highest BCUT2D eigenvalue weighted by molar-refractivity contribution is 5.33. The number of halogens is 1. The van der Waals surface area contributed by atoms with Gasteiger partial charge in [-0.2, -0.15) is 0 Å². The molecule has 0 spiro atoms. The molecule has 1 N–H and O–H groups in total. The quantitative estimate of drug-likeness (QED) is 0.638. The Balaban J connectivity index is 2.68. The Morgan fingerprint density at radius 1 is 1.19 bits per heavy atom. The first-order valence-corrected chi connectivity index (χ1v) is 7.37. The van der Waals surface area contributed by atoms with E-state index in [2.05, 4.69) is 12.2 Å². The van der Waals surface area contributed by atoms with Crippen molar-refractivity contribution in [3.8, 4) is 5.75 Å². The van der Waals surface area contributed by atoms with Crippen molar-refractivity contribution in [2.45, 2.75) is 25.8 Å². The first kappa shape index (κ1) is 17.9. The zero-order valence-corrected chi connectivity index (χ0v) is 13.2. The fourth-order valence-electron chi connectivity index (χ4n) is 2.09. The summed E-state index contributed by atoms with van der Waals surface area (Å²) < 4.78 is 29.8. The maximum atomic E-state index is 14.4. The van der Waals surface area contributed by atoms with E-state index in [1.807, 2.05) is 6.07 Å². The van der Waals surface area contributed by atoms with Crippen molar-refractivity contribution in [3.63, 3.8) is 0 Å². The minimum absolute atomic E-state index is 0.0809. The van der Waals surface area contributed by atoms with E-state index in [-0.39, 0.29) is 17.6 Å². The third-order valence-electron chi connectivity index (χ3n) is 3.21. The van der Waals surface area contributed by atoms with E-state index in [1.54, 1.807) is 19.2 Å². The van der Waals surface area contributed by atoms with Gasteiger partial charge in [0.2, 0.25) is 0 Å². The molecule has 5 heteroatoms. The van der Waals surface area contributed by atoms with Crippen LogP contribution < -0.4 is 10.1 Å². The first-order valence-electron chi connectivity index (χ1n) is 7.37. The summed E-state index contributed by atoms with van der Waals surface area (Å²) >= 11 is 0. The zero-order valence-electron chi connectivity index (χ0n) is 13.2. The lowest BCUT2D eigenvalue weighted by molar-refractivity contribution is 0.0656. The lowest BCUT2D eigenvalue weighted by Gasteiger charge is -2.20. The van der Waals surface area contributed by atoms with Crippen LogP contribution in [-0.2, 0) is 9.47 Å². The molecule has 0 heterocycles. The zero-order chi connectivity index (χ0) is 15.5. The van der Waals surface area contributed by atoms with E-state index in [0.717, 1.165) is 13.0 Å². The van der Waals surface area contributed by atoms with Crippen molar-refractivity contribution in [1.82, 2.24) is 5.32 Å². The molecule has 0 aromatic heterocycles. The Morgan fingerprint density at radius 3 is 2.67 bits per heavy atom. The number of hydrogen-bond acceptors (Lipinski definition) is 4. The summed E-state index contributed by atoms with van der Waals surface area (Å²) in [5.41, 5.74) is 0.623. The van der Waals surface area contributed by atoms with E-state index in [9.17, 15) is 4.39 Å². The van der Waals surface area contributed by atoms with Gasteiger partial charge in [0.15, 0.2) is 11.6 Å². The molecule has 1 rings (SSSR count). The number of hydrogen-bond donors (Lipinski definition) is 1. The van der Waals surface area contributed by atoms with Crippen LogP contribution in [-0.4, -0.2) is 40.6 Å². The molecule has 4 nitrogen and oxygen atoms in total. The van der Waals surface area contributed by atoms with E-state index in [0.29, 0.717) is 31.8 Å². The largest absolute Gasteiger partial charge is 0.494 e. The second-order valence-electron chi connectivity index (χ2n) is 4.76. The molecule has 0 saturated heterocycles. The number of methoxy groups -OCH3 is 2. The van der Waals surface area contributed by atoms with Gasteiger partial charge >= 0.3 is 0 Å². The number of rotatable bonds is 11. The summed E-state index contributed by atoms with van der Waals surface area (Å²) in [6.07, 6.45) is 1.69. The minimum atomic E-state index is -0.300. The van der Waals surface area contributed by atoms with E-state index < -0.39 is 0 Å². The van der Waals surface area contributed by atoms with Gasteiger partial charge in [0.25, 0.3) is 0 Å². The maximum Gasteiger partial charge on any atom is 0.169 e. The Kier molecular flexibility index (Phi) is 8.98. The second kappa shape index (κ2) is 10.5. The van der Waals surface area contributed by atoms with Gasteiger partial charge in [-0.3, -0.25) is 0 Å². The molecule has 1 unspecified atom stereocenters. The monoisotopic (exact) mass is 299 g/mol. The molecule has 0 aliphatic carbocycles. The molecular formula is C16H26FNO3. The van der Waals surface area contributed by atoms with Crippen molar-refractivity contribution in [1.29, 1.82) is 0 Å². The van der Waals surface area contributed by atoms with Crippen LogP contribution in [0.3, 0.4) is 0 Å². The molecule has 0 bridgehead atoms. The third-order valence-corrected chi connectivity index (χ3v) is 3.21. The van der Waals surface area contributed by atoms with Crippen LogP contribution in [0.2, 0.25) is 0 Å². The fourth-order valence-corrected chi connectivity index (χ4v) is 2.09. The highest BCUT2D eigenvalue weighted by Crippen LogP contribution is 2.26. The summed E-state index contributed by atoms with van der Waals surface area (Å²) in [7, 11) is 3.12. The number of benzene rings is 1. The lowest BCUT2D eigenvalue weighted by atomic mass is 10.0. The van der Waals surface area contributed by atoms with E-state index >= 15 is 0 Å². The average molecular weight is 299 g/mol. The molecule has 21 heavy (non-hydrogen) atoms. The summed E-state index contributed by atoms with van der Waals surface area (Å²) in [5, 5.41) is 3.36. The Morgan fingerprint density at radius 2 is 2.00 bits per heavy atom. The minimum Gasteiger partial charge on any atom is -0.494 e. The Bertz CT molecular complexity index is 401. The predicted molar refractivity (Wildman–Crippen MR) is 81.3 cm³/mol. The molecule has 0 saturated carbocycles. The Labute approximate surface area is 126 Å². The summed E-state index contributed by atoms with van der Waals surface area (Å²) in [6.45, 7) is 4.60. The van der Waals surface area contributed by atoms with Crippen molar-refractivity contribution in [2.24, 2.45) is 0 Å². The highest BCUT2D eigenvalue weighted by Gasteiger charge is 2.17. The van der Waals surface area contributed by atoms with Gasteiger partial charge in [0.1, 0.15) is 0 Å². The van der Waals surface area contributed by atoms with Gasteiger partial charge in [-0.25, -0.2) is 4.39 Å². The molecule has 1 aromatic carbocycles. The van der Waals surface area contributed by atoms with Gasteiger partial charge in [-0.05, 0) is 25.5 Å². The van der Waals surface area contributed by atoms with E-state index in [4.69, 9.17) is 14.2 Å². The molecular weight excluding hydrogens is 273 g/mol. The van der Waals surface area contributed by atoms with Gasteiger partial charge in [-0.1, -0.05) is 19.1 Å². The number of nitrogens with one attached hydrogen (secondary N) is 1. The van der Waals surface area contributed by atoms with Crippen molar-refractivity contribution < 1.29 is 18.6 Å². The van der Waals surface area contributed by atoms with Crippen molar-refractivity contribution in [3.05, 3.63) is 29.6 Å². The molecule has 0 amide bonds. The summed E-state index contributed by atoms with van der Waals surface area (Å²) in [4.78, 5) is 0. The molecule has 0 fully saturated rings. The molecule has 120 valence electrons. The topological polar surface area (TPSA) is 39.7 Å². The van der Waals surface area contributed by atoms with E-state index in [1.165, 1.54) is 7.11 Å². The van der Waals surface area contributed by atoms with Gasteiger partial charge in [-0.15, -0.1) is 0 Å². The molecule has 0 aliphatic heterocycles. The fraction of sp³-hybridized carbons (Fsp3) is 0.625. The van der Waals surface area contributed by atoms with Crippen LogP contribution >= 0.6 is 0 Å². The highest BCUT2D eigenvalue weighted by atomic mass is 19.1. The second-order valence-corrected chi connectivity index (χ2v) is 4.76. The summed E-state index contributed by atoms with van der Waals surface area (Å²) in [6, 6.07) is 5.15. The van der Waals surface area contributed by atoms with Crippen LogP contribution in [0.15, 0.2) is 18.2 Å². The predicted octanol–water partition coefficient (Wildman–Crippen LogP) is 2.93. The van der Waals surface area contributed by atoms with Crippen LogP contribution in [0.5, 0.6) is 5.75 Å². The molecule has 0 aliphatic rings. The van der Waals surface area contributed by atoms with Crippen LogP contribution in [0.1, 0.15) is 31.4 Å².